The average molecular weight is 1670 g/mol. The van der Waals surface area contributed by atoms with E-state index in [1.165, 1.54) is 157 Å². The molecule has 4 nitrogen and oxygen atoms in total. The van der Waals surface area contributed by atoms with E-state index in [9.17, 15) is 0 Å². The maximum Gasteiger partial charge on any atom is 0.163 e. The van der Waals surface area contributed by atoms with Crippen LogP contribution in [0, 0.1) is 123 Å². The summed E-state index contributed by atoms with van der Waals surface area (Å²) in [7, 11) is -3.18. The van der Waals surface area contributed by atoms with Gasteiger partial charge in [0, 0.05) is 24.6 Å². The number of benzene rings is 12. The van der Waals surface area contributed by atoms with E-state index in [-0.39, 0.29) is 40.3 Å². The molecule has 3 fully saturated rings. The standard InChI is InChI=1S/C39H48O2P2.C38H46P2.C31H32O2P2/c1-25-11-26(2)16-33(15-25)42(34-17-27(3)12-28(4)18-34)23-37-38(41-39(9,10)40-37)24-43(35-19-29(5)13-30(6)20-35)36-21-31(7)14-32(8)22-36;1-25-11-26(2)16-35(15-25)39(36-17-27(3)12-28(4)18-36)23-33-9-10-34(33)24-40(37-19-29(5)13-30(6)20-37)38-21-31(7)14-32(8)22-38;1-31(2)32-29(23-34(25-15-7-3-8-16-25)26-17-9-4-10-18-26)30(33-31)24-35(27-19-11-5-12-20-27)28-21-13-6-14-22-28/h11-22,37-38H,23-24H2,1-10H3;11-22,33-34H,9-10,23-24H2,1-8H3;3-22,29-30H,23-24H2,1-2H3/t;33-,34-;/m.0./s1. The van der Waals surface area contributed by atoms with Crippen LogP contribution in [0.5, 0.6) is 0 Å². The van der Waals surface area contributed by atoms with Crippen molar-refractivity contribution in [1.82, 2.24) is 0 Å². The Morgan fingerprint density at radius 3 is 0.475 bits per heavy atom. The Balaban J connectivity index is 0.000000154. The molecule has 1 aliphatic carbocycles. The molecule has 0 radical (unpaired) electrons. The van der Waals surface area contributed by atoms with Crippen molar-refractivity contribution in [2.75, 3.05) is 37.0 Å². The summed E-state index contributed by atoms with van der Waals surface area (Å²) in [6, 6.07) is 101. The zero-order chi connectivity index (χ0) is 83.7. The second kappa shape index (κ2) is 39.9. The van der Waals surface area contributed by atoms with Crippen LogP contribution in [0.4, 0.5) is 0 Å². The lowest BCUT2D eigenvalue weighted by molar-refractivity contribution is -0.143. The summed E-state index contributed by atoms with van der Waals surface area (Å²) in [6.45, 7) is 44.1. The van der Waals surface area contributed by atoms with Crippen LogP contribution in [0.25, 0.3) is 0 Å². The van der Waals surface area contributed by atoms with Gasteiger partial charge in [-0.05, 0) is 287 Å². The lowest BCUT2D eigenvalue weighted by atomic mass is 9.76. The van der Waals surface area contributed by atoms with Gasteiger partial charge in [-0.25, -0.2) is 0 Å². The van der Waals surface area contributed by atoms with E-state index in [0.717, 1.165) is 36.5 Å². The van der Waals surface area contributed by atoms with E-state index in [2.05, 4.69) is 405 Å². The summed E-state index contributed by atoms with van der Waals surface area (Å²) in [6.07, 6.45) is 9.25. The molecule has 12 aromatic carbocycles. The molecule has 6 atom stereocenters. The molecule has 612 valence electrons. The minimum Gasteiger partial charge on any atom is -0.344 e. The van der Waals surface area contributed by atoms with Crippen LogP contribution in [0.1, 0.15) is 130 Å². The molecule has 15 rings (SSSR count). The molecule has 12 aromatic rings. The van der Waals surface area contributed by atoms with Crippen molar-refractivity contribution in [2.45, 2.75) is 187 Å². The summed E-state index contributed by atoms with van der Waals surface area (Å²) in [5.41, 5.74) is 21.7. The molecule has 0 aromatic heterocycles. The van der Waals surface area contributed by atoms with Gasteiger partial charge in [0.05, 0.1) is 24.4 Å². The monoisotopic (exact) mass is 1670 g/mol. The number of ether oxygens (including phenoxy) is 4. The van der Waals surface area contributed by atoms with Gasteiger partial charge >= 0.3 is 0 Å². The summed E-state index contributed by atoms with van der Waals surface area (Å²) < 4.78 is 26.9. The highest BCUT2D eigenvalue weighted by Gasteiger charge is 2.46. The Morgan fingerprint density at radius 2 is 0.331 bits per heavy atom. The van der Waals surface area contributed by atoms with Crippen LogP contribution in [0.15, 0.2) is 267 Å². The van der Waals surface area contributed by atoms with Gasteiger partial charge in [-0.3, -0.25) is 0 Å². The van der Waals surface area contributed by atoms with Gasteiger partial charge in [0.15, 0.2) is 11.6 Å². The van der Waals surface area contributed by atoms with Crippen LogP contribution in [0.3, 0.4) is 0 Å². The highest BCUT2D eigenvalue weighted by Crippen LogP contribution is 2.52. The first-order valence-corrected chi connectivity index (χ1v) is 51.8. The Morgan fingerprint density at radius 1 is 0.195 bits per heavy atom. The van der Waals surface area contributed by atoms with Crippen molar-refractivity contribution >= 4 is 111 Å². The molecule has 0 spiro atoms. The summed E-state index contributed by atoms with van der Waals surface area (Å²) in [4.78, 5) is 0. The summed E-state index contributed by atoms with van der Waals surface area (Å²) >= 11 is 0. The zero-order valence-electron chi connectivity index (χ0n) is 73.8. The molecule has 10 heteroatoms. The number of hydrogen-bond donors (Lipinski definition) is 0. The molecule has 2 heterocycles. The van der Waals surface area contributed by atoms with Crippen LogP contribution >= 0.6 is 47.5 Å². The van der Waals surface area contributed by atoms with Gasteiger partial charge in [-0.15, -0.1) is 0 Å². The van der Waals surface area contributed by atoms with Crippen LogP contribution in [-0.2, 0) is 18.9 Å². The average Bonchev–Trinajstić information content (AvgIpc) is 1.57. The van der Waals surface area contributed by atoms with Crippen molar-refractivity contribution in [3.8, 4) is 0 Å². The van der Waals surface area contributed by atoms with Gasteiger partial charge in [-0.1, -0.05) is 356 Å². The zero-order valence-corrected chi connectivity index (χ0v) is 79.2. The Labute approximate surface area is 717 Å². The van der Waals surface area contributed by atoms with Crippen molar-refractivity contribution < 1.29 is 18.9 Å². The smallest absolute Gasteiger partial charge is 0.163 e. The van der Waals surface area contributed by atoms with Gasteiger partial charge in [-0.2, -0.15) is 0 Å². The predicted molar refractivity (Wildman–Crippen MR) is 523 cm³/mol. The van der Waals surface area contributed by atoms with Crippen molar-refractivity contribution in [3.63, 3.8) is 0 Å². The largest absolute Gasteiger partial charge is 0.344 e. The fraction of sp³-hybridized carbons (Fsp3) is 0.333. The maximum atomic E-state index is 6.83. The highest BCUT2D eigenvalue weighted by atomic mass is 31.1. The first kappa shape index (κ1) is 88.8. The SMILES string of the molecule is CC1(C)OC(CP(c2ccccc2)c2ccccc2)C(CP(c2ccccc2)c2ccccc2)O1.Cc1cc(C)cc(P(CC2OC(C)(C)OC2CP(c2cc(C)cc(C)c2)c2cc(C)cc(C)c2)c2cc(C)cc(C)c2)c1.Cc1cc(C)cc(P(C[C@@H]2CC[C@H]2CP(c2cc(C)cc(C)c2)c2cc(C)cc(C)c2)c2cc(C)cc(C)c2)c1. The van der Waals surface area contributed by atoms with Crippen molar-refractivity contribution in [1.29, 1.82) is 0 Å². The normalized spacial score (nSPS) is 18.1. The predicted octanol–water partition coefficient (Wildman–Crippen LogP) is 22.8. The Kier molecular flexibility index (Phi) is 30.1. The van der Waals surface area contributed by atoms with Crippen molar-refractivity contribution in [2.24, 2.45) is 11.8 Å². The third-order valence-corrected chi connectivity index (χ3v) is 38.2. The number of rotatable bonds is 24. The van der Waals surface area contributed by atoms with Gasteiger partial charge < -0.3 is 18.9 Å². The number of hydrogen-bond acceptors (Lipinski definition) is 4. The van der Waals surface area contributed by atoms with E-state index in [4.69, 9.17) is 18.9 Å². The van der Waals surface area contributed by atoms with Gasteiger partial charge in [0.25, 0.3) is 0 Å². The van der Waals surface area contributed by atoms with Crippen molar-refractivity contribution in [3.05, 3.63) is 356 Å². The molecule has 2 aliphatic heterocycles. The first-order chi connectivity index (χ1) is 56.4. The van der Waals surface area contributed by atoms with E-state index in [1.54, 1.807) is 21.2 Å². The highest BCUT2D eigenvalue weighted by molar-refractivity contribution is 7.75. The lowest BCUT2D eigenvalue weighted by Crippen LogP contribution is -2.35. The molecular formula is C108H126O4P6. The summed E-state index contributed by atoms with van der Waals surface area (Å²) in [5.74, 6) is 0.398. The van der Waals surface area contributed by atoms with E-state index in [1.807, 2.05) is 0 Å². The molecule has 3 aliphatic rings. The minimum atomic E-state index is -0.647. The Hall–Kier alpha value is -6.94. The molecule has 0 N–H and O–H groups in total. The molecule has 118 heavy (non-hydrogen) atoms. The van der Waals surface area contributed by atoms with E-state index in [0.29, 0.717) is 0 Å². The van der Waals surface area contributed by atoms with E-state index < -0.39 is 43.3 Å². The van der Waals surface area contributed by atoms with E-state index >= 15 is 0 Å². The van der Waals surface area contributed by atoms with Crippen LogP contribution < -0.4 is 63.7 Å². The molecular weight excluding hydrogens is 1550 g/mol. The molecule has 2 saturated heterocycles. The fourth-order valence-corrected chi connectivity index (χ4v) is 35.0. The topological polar surface area (TPSA) is 36.9 Å². The minimum absolute atomic E-state index is 0.00422. The third-order valence-electron chi connectivity index (χ3n) is 22.8. The molecule has 0 amide bonds. The number of aryl methyl sites for hydroxylation is 16. The molecule has 4 unspecified atom stereocenters. The van der Waals surface area contributed by atoms with Crippen LogP contribution in [-0.4, -0.2) is 73.0 Å². The quantitative estimate of drug-likeness (QED) is 0.0565. The first-order valence-electron chi connectivity index (χ1n) is 42.6. The molecule has 0 bridgehead atoms. The maximum absolute atomic E-state index is 6.83. The van der Waals surface area contributed by atoms with Crippen LogP contribution in [0.2, 0.25) is 0 Å². The second-order valence-corrected chi connectivity index (χ2v) is 48.8. The summed E-state index contributed by atoms with van der Waals surface area (Å²) in [5, 5.41) is 17.5. The lowest BCUT2D eigenvalue weighted by Gasteiger charge is -2.41. The third kappa shape index (κ3) is 24.1. The Bertz CT molecular complexity index is 4600. The van der Waals surface area contributed by atoms with Gasteiger partial charge in [0.2, 0.25) is 0 Å². The van der Waals surface area contributed by atoms with Gasteiger partial charge in [0.1, 0.15) is 0 Å². The fourth-order valence-electron chi connectivity index (χ4n) is 18.2. The second-order valence-electron chi connectivity index (χ2n) is 35.3. The molecule has 1 saturated carbocycles.